The molecule has 1 heterocycles. The van der Waals surface area contributed by atoms with E-state index in [1.807, 2.05) is 25.1 Å². The van der Waals surface area contributed by atoms with Gasteiger partial charge in [-0.2, -0.15) is 0 Å². The number of hydrogen-bond acceptors (Lipinski definition) is 3. The third-order valence-corrected chi connectivity index (χ3v) is 4.26. The summed E-state index contributed by atoms with van der Waals surface area (Å²) in [5.41, 5.74) is 1.86. The Labute approximate surface area is 148 Å². The summed E-state index contributed by atoms with van der Waals surface area (Å²) in [5, 5.41) is 2.24. The van der Waals surface area contributed by atoms with Crippen LogP contribution in [0.4, 0.5) is 0 Å². The number of hydrogen-bond donors (Lipinski definition) is 0. The summed E-state index contributed by atoms with van der Waals surface area (Å²) in [5.74, 6) is 1.09. The molecule has 0 saturated heterocycles. The Bertz CT molecular complexity index is 882. The van der Waals surface area contributed by atoms with Gasteiger partial charge in [0, 0.05) is 18.2 Å². The highest BCUT2D eigenvalue weighted by Crippen LogP contribution is 2.30. The minimum atomic E-state index is -0.128. The Morgan fingerprint density at radius 1 is 1.16 bits per heavy atom. The van der Waals surface area contributed by atoms with Crippen LogP contribution in [0.2, 0.25) is 0 Å². The van der Waals surface area contributed by atoms with E-state index in [4.69, 9.17) is 9.15 Å². The summed E-state index contributed by atoms with van der Waals surface area (Å²) in [6.45, 7) is 5.06. The number of aryl methyl sites for hydroxylation is 1. The van der Waals surface area contributed by atoms with Crippen LogP contribution in [0.3, 0.4) is 0 Å². The van der Waals surface area contributed by atoms with Gasteiger partial charge in [-0.15, -0.1) is 0 Å². The number of rotatable bonds is 6. The topological polar surface area (TPSA) is 42.7 Å². The molecule has 0 fully saturated rings. The zero-order valence-corrected chi connectivity index (χ0v) is 14.9. The van der Waals surface area contributed by atoms with Gasteiger partial charge in [0.25, 0.3) is 5.91 Å². The molecule has 0 bridgehead atoms. The molecule has 130 valence electrons. The van der Waals surface area contributed by atoms with Gasteiger partial charge in [0.05, 0.1) is 19.4 Å². The average Bonchev–Trinajstić information content (AvgIpc) is 3.06. The van der Waals surface area contributed by atoms with Gasteiger partial charge in [0.15, 0.2) is 5.76 Å². The van der Waals surface area contributed by atoms with E-state index in [2.05, 4.69) is 25.1 Å². The van der Waals surface area contributed by atoms with E-state index >= 15 is 0 Å². The van der Waals surface area contributed by atoms with Crippen LogP contribution in [-0.4, -0.2) is 24.5 Å². The highest BCUT2D eigenvalue weighted by Gasteiger charge is 2.20. The van der Waals surface area contributed by atoms with Gasteiger partial charge in [-0.1, -0.05) is 37.3 Å². The second-order valence-corrected chi connectivity index (χ2v) is 6.21. The van der Waals surface area contributed by atoms with Crippen molar-refractivity contribution in [3.05, 3.63) is 65.6 Å². The number of nitrogens with zero attached hydrogens (tertiary/aromatic N) is 1. The predicted octanol–water partition coefficient (Wildman–Crippen LogP) is 4.80. The molecule has 0 aliphatic carbocycles. The van der Waals surface area contributed by atoms with Gasteiger partial charge < -0.3 is 14.1 Å². The fourth-order valence-electron chi connectivity index (χ4n) is 2.90. The lowest BCUT2D eigenvalue weighted by Gasteiger charge is -2.20. The van der Waals surface area contributed by atoms with E-state index in [9.17, 15) is 4.79 Å². The van der Waals surface area contributed by atoms with Crippen LogP contribution in [0.25, 0.3) is 10.8 Å². The molecule has 3 aromatic rings. The fourth-order valence-corrected chi connectivity index (χ4v) is 2.90. The third kappa shape index (κ3) is 3.53. The molecule has 0 spiro atoms. The minimum Gasteiger partial charge on any atom is -0.493 e. The molecule has 0 unspecified atom stereocenters. The first-order chi connectivity index (χ1) is 12.1. The normalized spacial score (nSPS) is 10.8. The second-order valence-electron chi connectivity index (χ2n) is 6.21. The standard InChI is InChI=1S/C21H23NO3/c1-4-12-24-19-10-9-16-7-5-6-8-17(16)18(19)14-22(3)21(23)20-15(2)11-13-25-20/h5-11,13H,4,12,14H2,1-3H3. The van der Waals surface area contributed by atoms with Crippen molar-refractivity contribution >= 4 is 16.7 Å². The molecular formula is C21H23NO3. The van der Waals surface area contributed by atoms with Gasteiger partial charge in [0.1, 0.15) is 5.75 Å². The number of carbonyl (C=O) groups is 1. The summed E-state index contributed by atoms with van der Waals surface area (Å²) in [4.78, 5) is 14.4. The summed E-state index contributed by atoms with van der Waals surface area (Å²) in [6.07, 6.45) is 2.48. The van der Waals surface area contributed by atoms with Crippen LogP contribution in [0.5, 0.6) is 5.75 Å². The number of ether oxygens (including phenoxy) is 1. The molecule has 2 aromatic carbocycles. The molecule has 4 heteroatoms. The van der Waals surface area contributed by atoms with E-state index in [-0.39, 0.29) is 5.91 Å². The summed E-state index contributed by atoms with van der Waals surface area (Å²) < 4.78 is 11.3. The van der Waals surface area contributed by atoms with Crippen molar-refractivity contribution in [1.29, 1.82) is 0 Å². The van der Waals surface area contributed by atoms with E-state index in [0.717, 1.165) is 34.1 Å². The van der Waals surface area contributed by atoms with Crippen molar-refractivity contribution < 1.29 is 13.9 Å². The Morgan fingerprint density at radius 2 is 1.96 bits per heavy atom. The Morgan fingerprint density at radius 3 is 2.68 bits per heavy atom. The molecule has 1 amide bonds. The predicted molar refractivity (Wildman–Crippen MR) is 99.0 cm³/mol. The van der Waals surface area contributed by atoms with Gasteiger partial charge in [0.2, 0.25) is 0 Å². The smallest absolute Gasteiger partial charge is 0.289 e. The van der Waals surface area contributed by atoms with Crippen LogP contribution in [0.1, 0.15) is 35.0 Å². The maximum atomic E-state index is 12.7. The maximum Gasteiger partial charge on any atom is 0.289 e. The Balaban J connectivity index is 1.95. The van der Waals surface area contributed by atoms with Gasteiger partial charge in [-0.3, -0.25) is 4.79 Å². The first-order valence-corrected chi connectivity index (χ1v) is 8.54. The molecule has 0 atom stereocenters. The fraction of sp³-hybridized carbons (Fsp3) is 0.286. The van der Waals surface area contributed by atoms with Crippen molar-refractivity contribution in [3.8, 4) is 5.75 Å². The molecule has 0 aliphatic heterocycles. The first kappa shape index (κ1) is 17.1. The molecule has 0 aliphatic rings. The quantitative estimate of drug-likeness (QED) is 0.649. The maximum absolute atomic E-state index is 12.7. The van der Waals surface area contributed by atoms with Crippen molar-refractivity contribution in [1.82, 2.24) is 4.90 Å². The van der Waals surface area contributed by atoms with E-state index in [0.29, 0.717) is 18.9 Å². The molecule has 1 aromatic heterocycles. The van der Waals surface area contributed by atoms with Gasteiger partial charge in [-0.05, 0) is 36.2 Å². The SMILES string of the molecule is CCCOc1ccc2ccccc2c1CN(C)C(=O)c1occc1C. The van der Waals surface area contributed by atoms with Crippen LogP contribution in [0, 0.1) is 6.92 Å². The number of fused-ring (bicyclic) bond motifs is 1. The highest BCUT2D eigenvalue weighted by atomic mass is 16.5. The van der Waals surface area contributed by atoms with Crippen LogP contribution >= 0.6 is 0 Å². The number of amides is 1. The summed E-state index contributed by atoms with van der Waals surface area (Å²) in [7, 11) is 1.79. The lowest BCUT2D eigenvalue weighted by Crippen LogP contribution is -2.26. The van der Waals surface area contributed by atoms with Crippen molar-refractivity contribution in [2.45, 2.75) is 26.8 Å². The first-order valence-electron chi connectivity index (χ1n) is 8.54. The van der Waals surface area contributed by atoms with Crippen LogP contribution < -0.4 is 4.74 Å². The zero-order valence-electron chi connectivity index (χ0n) is 14.9. The monoisotopic (exact) mass is 337 g/mol. The third-order valence-electron chi connectivity index (χ3n) is 4.26. The molecule has 3 rings (SSSR count). The minimum absolute atomic E-state index is 0.128. The van der Waals surface area contributed by atoms with Crippen LogP contribution in [-0.2, 0) is 6.54 Å². The molecule has 0 saturated carbocycles. The number of benzene rings is 2. The van der Waals surface area contributed by atoms with Gasteiger partial charge in [-0.25, -0.2) is 0 Å². The highest BCUT2D eigenvalue weighted by molar-refractivity contribution is 5.93. The van der Waals surface area contributed by atoms with E-state index in [1.54, 1.807) is 24.3 Å². The lowest BCUT2D eigenvalue weighted by atomic mass is 10.0. The molecule has 0 N–H and O–H groups in total. The average molecular weight is 337 g/mol. The lowest BCUT2D eigenvalue weighted by molar-refractivity contribution is 0.0752. The Hall–Kier alpha value is -2.75. The van der Waals surface area contributed by atoms with Crippen molar-refractivity contribution in [2.75, 3.05) is 13.7 Å². The van der Waals surface area contributed by atoms with E-state index in [1.165, 1.54) is 0 Å². The van der Waals surface area contributed by atoms with E-state index < -0.39 is 0 Å². The van der Waals surface area contributed by atoms with Crippen LogP contribution in [0.15, 0.2) is 53.1 Å². The summed E-state index contributed by atoms with van der Waals surface area (Å²) >= 11 is 0. The zero-order chi connectivity index (χ0) is 17.8. The Kier molecular flexibility index (Phi) is 5.08. The summed E-state index contributed by atoms with van der Waals surface area (Å²) in [6, 6.07) is 14.0. The molecular weight excluding hydrogens is 314 g/mol. The second kappa shape index (κ2) is 7.43. The number of furan rings is 1. The molecule has 25 heavy (non-hydrogen) atoms. The largest absolute Gasteiger partial charge is 0.493 e. The number of carbonyl (C=O) groups excluding carboxylic acids is 1. The van der Waals surface area contributed by atoms with Crippen molar-refractivity contribution in [3.63, 3.8) is 0 Å². The molecule has 0 radical (unpaired) electrons. The van der Waals surface area contributed by atoms with Crippen molar-refractivity contribution in [2.24, 2.45) is 0 Å². The molecule has 4 nitrogen and oxygen atoms in total. The van der Waals surface area contributed by atoms with Gasteiger partial charge >= 0.3 is 0 Å².